The lowest BCUT2D eigenvalue weighted by molar-refractivity contribution is 0.317. The highest BCUT2D eigenvalue weighted by molar-refractivity contribution is 5.41. The Morgan fingerprint density at radius 1 is 1.15 bits per heavy atom. The number of benzene rings is 1. The molecule has 0 fully saturated rings. The van der Waals surface area contributed by atoms with Gasteiger partial charge in [0, 0.05) is 13.2 Å². The molecule has 1 aromatic carbocycles. The molecule has 20 heavy (non-hydrogen) atoms. The van der Waals surface area contributed by atoms with E-state index in [1.54, 1.807) is 4.68 Å². The molecule has 0 atom stereocenters. The number of aryl methyl sites for hydroxylation is 4. The summed E-state index contributed by atoms with van der Waals surface area (Å²) in [4.78, 5) is 0. The third kappa shape index (κ3) is 3.59. The topological polar surface area (TPSA) is 39.9 Å². The number of rotatable bonds is 6. The first-order valence-electron chi connectivity index (χ1n) is 7.18. The molecule has 0 N–H and O–H groups in total. The first-order valence-corrected chi connectivity index (χ1v) is 7.18. The largest absolute Gasteiger partial charge is 0.494 e. The maximum absolute atomic E-state index is 5.71. The fourth-order valence-corrected chi connectivity index (χ4v) is 2.41. The molecule has 2 rings (SSSR count). The maximum atomic E-state index is 5.71. The number of aromatic nitrogens is 3. The summed E-state index contributed by atoms with van der Waals surface area (Å²) in [5, 5.41) is 8.10. The molecule has 0 aliphatic carbocycles. The van der Waals surface area contributed by atoms with Gasteiger partial charge in [-0.1, -0.05) is 12.1 Å². The summed E-state index contributed by atoms with van der Waals surface area (Å²) in [5.41, 5.74) is 5.01. The molecule has 0 amide bonds. The van der Waals surface area contributed by atoms with Crippen LogP contribution in [0.2, 0.25) is 0 Å². The summed E-state index contributed by atoms with van der Waals surface area (Å²) >= 11 is 0. The first-order chi connectivity index (χ1) is 9.60. The van der Waals surface area contributed by atoms with Crippen molar-refractivity contribution in [3.63, 3.8) is 0 Å². The molecule has 0 saturated carbocycles. The molecule has 0 unspecified atom stereocenters. The zero-order chi connectivity index (χ0) is 14.5. The molecule has 2 aromatic rings. The van der Waals surface area contributed by atoms with Gasteiger partial charge >= 0.3 is 0 Å². The Kier molecular flexibility index (Phi) is 4.77. The third-order valence-electron chi connectivity index (χ3n) is 3.42. The number of ether oxygens (including phenoxy) is 1. The molecule has 1 aromatic heterocycles. The lowest BCUT2D eigenvalue weighted by atomic mass is 9.97. The minimum Gasteiger partial charge on any atom is -0.494 e. The van der Waals surface area contributed by atoms with Crippen LogP contribution in [-0.4, -0.2) is 21.6 Å². The van der Waals surface area contributed by atoms with Gasteiger partial charge in [-0.25, -0.2) is 0 Å². The highest BCUT2D eigenvalue weighted by Crippen LogP contribution is 2.23. The summed E-state index contributed by atoms with van der Waals surface area (Å²) in [7, 11) is 1.90. The Bertz CT molecular complexity index is 552. The maximum Gasteiger partial charge on any atom is 0.119 e. The van der Waals surface area contributed by atoms with Gasteiger partial charge in [0.2, 0.25) is 0 Å². The molecule has 0 saturated heterocycles. The van der Waals surface area contributed by atoms with Crippen molar-refractivity contribution in [2.45, 2.75) is 40.0 Å². The monoisotopic (exact) mass is 273 g/mol. The van der Waals surface area contributed by atoms with Crippen LogP contribution in [0.3, 0.4) is 0 Å². The molecular weight excluding hydrogens is 250 g/mol. The molecule has 0 radical (unpaired) electrons. The average Bonchev–Trinajstić information content (AvgIpc) is 2.81. The highest BCUT2D eigenvalue weighted by atomic mass is 16.5. The minimum atomic E-state index is 0.776. The van der Waals surface area contributed by atoms with E-state index in [-0.39, 0.29) is 0 Å². The van der Waals surface area contributed by atoms with E-state index in [4.69, 9.17) is 4.74 Å². The van der Waals surface area contributed by atoms with Crippen molar-refractivity contribution < 1.29 is 4.74 Å². The zero-order valence-electron chi connectivity index (χ0n) is 12.8. The Morgan fingerprint density at radius 2 is 1.85 bits per heavy atom. The van der Waals surface area contributed by atoms with Crippen molar-refractivity contribution in [2.24, 2.45) is 7.05 Å². The third-order valence-corrected chi connectivity index (χ3v) is 3.42. The Balaban J connectivity index is 2.07. The first kappa shape index (κ1) is 14.6. The van der Waals surface area contributed by atoms with Crippen LogP contribution in [0.25, 0.3) is 0 Å². The minimum absolute atomic E-state index is 0.776. The van der Waals surface area contributed by atoms with Crippen molar-refractivity contribution >= 4 is 0 Å². The standard InChI is InChI=1S/C16H23N3O/c1-5-8-20-15-9-12(2)16(13(3)10-15)7-6-14-11-19(4)18-17-14/h9-11H,5-8H2,1-4H3. The quantitative estimate of drug-likeness (QED) is 0.812. The van der Waals surface area contributed by atoms with E-state index in [9.17, 15) is 0 Å². The van der Waals surface area contributed by atoms with Crippen LogP contribution in [0.15, 0.2) is 18.3 Å². The van der Waals surface area contributed by atoms with Crippen LogP contribution in [-0.2, 0) is 19.9 Å². The normalized spacial score (nSPS) is 10.8. The zero-order valence-corrected chi connectivity index (χ0v) is 12.8. The van der Waals surface area contributed by atoms with E-state index >= 15 is 0 Å². The molecule has 1 heterocycles. The molecule has 4 nitrogen and oxygen atoms in total. The van der Waals surface area contributed by atoms with E-state index in [2.05, 4.69) is 43.2 Å². The fourth-order valence-electron chi connectivity index (χ4n) is 2.41. The second kappa shape index (κ2) is 6.55. The Morgan fingerprint density at radius 3 is 2.40 bits per heavy atom. The van der Waals surface area contributed by atoms with Gasteiger partial charge in [-0.15, -0.1) is 5.10 Å². The molecule has 0 aliphatic rings. The summed E-state index contributed by atoms with van der Waals surface area (Å²) in [6, 6.07) is 4.27. The van der Waals surface area contributed by atoms with Crippen LogP contribution in [0.1, 0.15) is 35.7 Å². The predicted molar refractivity (Wildman–Crippen MR) is 80.1 cm³/mol. The summed E-state index contributed by atoms with van der Waals surface area (Å²) in [6.45, 7) is 7.20. The van der Waals surface area contributed by atoms with Crippen LogP contribution in [0, 0.1) is 13.8 Å². The fraction of sp³-hybridized carbons (Fsp3) is 0.500. The molecular formula is C16H23N3O. The summed E-state index contributed by atoms with van der Waals surface area (Å²) < 4.78 is 7.46. The second-order valence-corrected chi connectivity index (χ2v) is 5.27. The van der Waals surface area contributed by atoms with Gasteiger partial charge in [-0.2, -0.15) is 0 Å². The summed E-state index contributed by atoms with van der Waals surface area (Å²) in [5.74, 6) is 0.977. The second-order valence-electron chi connectivity index (χ2n) is 5.27. The van der Waals surface area contributed by atoms with E-state index in [1.165, 1.54) is 16.7 Å². The van der Waals surface area contributed by atoms with Crippen LogP contribution in [0.5, 0.6) is 5.75 Å². The number of nitrogens with zero attached hydrogens (tertiary/aromatic N) is 3. The van der Waals surface area contributed by atoms with Crippen molar-refractivity contribution in [3.8, 4) is 5.75 Å². The molecule has 4 heteroatoms. The van der Waals surface area contributed by atoms with Gasteiger partial charge in [-0.3, -0.25) is 4.68 Å². The summed E-state index contributed by atoms with van der Waals surface area (Å²) in [6.07, 6.45) is 4.92. The SMILES string of the molecule is CCCOc1cc(C)c(CCc2cn(C)nn2)c(C)c1. The molecule has 0 bridgehead atoms. The van der Waals surface area contributed by atoms with E-state index in [1.807, 2.05) is 13.2 Å². The van der Waals surface area contributed by atoms with E-state index < -0.39 is 0 Å². The van der Waals surface area contributed by atoms with Crippen LogP contribution in [0.4, 0.5) is 0 Å². The van der Waals surface area contributed by atoms with Gasteiger partial charge < -0.3 is 4.74 Å². The predicted octanol–water partition coefficient (Wildman–Crippen LogP) is 3.01. The van der Waals surface area contributed by atoms with Gasteiger partial charge in [0.25, 0.3) is 0 Å². The lowest BCUT2D eigenvalue weighted by Crippen LogP contribution is -2.01. The molecule has 0 spiro atoms. The number of hydrogen-bond donors (Lipinski definition) is 0. The van der Waals surface area contributed by atoms with Gasteiger partial charge in [0.15, 0.2) is 0 Å². The molecule has 0 aliphatic heterocycles. The van der Waals surface area contributed by atoms with Crippen molar-refractivity contribution in [1.82, 2.24) is 15.0 Å². The Labute approximate surface area is 120 Å². The number of hydrogen-bond acceptors (Lipinski definition) is 3. The van der Waals surface area contributed by atoms with Crippen molar-refractivity contribution in [3.05, 3.63) is 40.7 Å². The van der Waals surface area contributed by atoms with E-state index in [0.29, 0.717) is 0 Å². The van der Waals surface area contributed by atoms with Gasteiger partial charge in [-0.05, 0) is 61.9 Å². The highest BCUT2D eigenvalue weighted by Gasteiger charge is 2.08. The lowest BCUT2D eigenvalue weighted by Gasteiger charge is -2.13. The van der Waals surface area contributed by atoms with Crippen LogP contribution < -0.4 is 4.74 Å². The van der Waals surface area contributed by atoms with Crippen molar-refractivity contribution in [1.29, 1.82) is 0 Å². The Hall–Kier alpha value is -1.84. The van der Waals surface area contributed by atoms with Gasteiger partial charge in [0.05, 0.1) is 12.3 Å². The molecule has 108 valence electrons. The van der Waals surface area contributed by atoms with E-state index in [0.717, 1.165) is 37.3 Å². The van der Waals surface area contributed by atoms with Crippen molar-refractivity contribution in [2.75, 3.05) is 6.61 Å². The average molecular weight is 273 g/mol. The smallest absolute Gasteiger partial charge is 0.119 e. The van der Waals surface area contributed by atoms with Gasteiger partial charge in [0.1, 0.15) is 5.75 Å². The van der Waals surface area contributed by atoms with Crippen LogP contribution >= 0.6 is 0 Å².